The lowest BCUT2D eigenvalue weighted by molar-refractivity contribution is 0.0375. The Morgan fingerprint density at radius 2 is 1.76 bits per heavy atom. The van der Waals surface area contributed by atoms with Crippen LogP contribution in [0.5, 0.6) is 0 Å². The Balaban J connectivity index is 1.58. The van der Waals surface area contributed by atoms with E-state index in [9.17, 15) is 0 Å². The van der Waals surface area contributed by atoms with Crippen LogP contribution in [0.4, 0.5) is 0 Å². The predicted molar refractivity (Wildman–Crippen MR) is 87.3 cm³/mol. The molecule has 0 radical (unpaired) electrons. The molecule has 1 aliphatic heterocycles. The minimum atomic E-state index is 0.120. The number of nitrogens with zero attached hydrogens (tertiary/aromatic N) is 1. The van der Waals surface area contributed by atoms with Gasteiger partial charge >= 0.3 is 0 Å². The first-order valence-corrected chi connectivity index (χ1v) is 8.82. The highest BCUT2D eigenvalue weighted by atomic mass is 15.3. The van der Waals surface area contributed by atoms with Crippen LogP contribution in [-0.4, -0.2) is 30.1 Å². The van der Waals surface area contributed by atoms with Gasteiger partial charge in [-0.25, -0.2) is 0 Å². The maximum atomic E-state index is 3.89. The van der Waals surface area contributed by atoms with Gasteiger partial charge in [0, 0.05) is 25.2 Å². The van der Waals surface area contributed by atoms with Crippen molar-refractivity contribution >= 4 is 0 Å². The summed E-state index contributed by atoms with van der Waals surface area (Å²) in [5.74, 6) is 0.971. The quantitative estimate of drug-likeness (QED) is 0.913. The maximum Gasteiger partial charge on any atom is 0.0535 e. The molecule has 0 aromatic heterocycles. The normalized spacial score (nSPS) is 35.2. The van der Waals surface area contributed by atoms with E-state index in [0.29, 0.717) is 0 Å². The number of nitrogens with one attached hydrogen (secondary N) is 1. The van der Waals surface area contributed by atoms with Crippen molar-refractivity contribution in [3.05, 3.63) is 35.9 Å². The molecule has 2 nitrogen and oxygen atoms in total. The molecule has 1 aromatic carbocycles. The molecule has 0 amide bonds. The topological polar surface area (TPSA) is 15.3 Å². The SMILES string of the molecule is CC1(c2ccccc2)CN(C2CCCC2)C(C2CC2)CN1. The first-order valence-electron chi connectivity index (χ1n) is 8.82. The second-order valence-corrected chi connectivity index (χ2v) is 7.59. The molecule has 3 aliphatic rings. The Morgan fingerprint density at radius 3 is 2.43 bits per heavy atom. The Bertz CT molecular complexity index is 476. The van der Waals surface area contributed by atoms with Crippen LogP contribution in [0.25, 0.3) is 0 Å². The fourth-order valence-corrected chi connectivity index (χ4v) is 4.54. The van der Waals surface area contributed by atoms with E-state index in [2.05, 4.69) is 47.5 Å². The molecule has 0 spiro atoms. The molecule has 2 heteroatoms. The summed E-state index contributed by atoms with van der Waals surface area (Å²) in [7, 11) is 0. The molecule has 1 heterocycles. The van der Waals surface area contributed by atoms with Crippen LogP contribution < -0.4 is 5.32 Å². The van der Waals surface area contributed by atoms with E-state index < -0.39 is 0 Å². The molecular formula is C19H28N2. The lowest BCUT2D eigenvalue weighted by atomic mass is 9.86. The molecule has 2 unspecified atom stereocenters. The fraction of sp³-hybridized carbons (Fsp3) is 0.684. The Hall–Kier alpha value is -0.860. The highest BCUT2D eigenvalue weighted by Gasteiger charge is 2.45. The van der Waals surface area contributed by atoms with Crippen LogP contribution in [0.2, 0.25) is 0 Å². The van der Waals surface area contributed by atoms with Gasteiger partial charge in [-0.05, 0) is 44.1 Å². The summed E-state index contributed by atoms with van der Waals surface area (Å²) in [6.45, 7) is 4.75. The standard InChI is InChI=1S/C19H28N2/c1-19(16-7-3-2-4-8-16)14-21(17-9-5-6-10-17)18(13-20-19)15-11-12-15/h2-4,7-8,15,17-18,20H,5-6,9-14H2,1H3. The second-order valence-electron chi connectivity index (χ2n) is 7.59. The number of hydrogen-bond acceptors (Lipinski definition) is 2. The smallest absolute Gasteiger partial charge is 0.0535 e. The van der Waals surface area contributed by atoms with Crippen molar-refractivity contribution in [2.75, 3.05) is 13.1 Å². The van der Waals surface area contributed by atoms with Gasteiger partial charge in [0.2, 0.25) is 0 Å². The van der Waals surface area contributed by atoms with Crippen molar-refractivity contribution in [2.45, 2.75) is 63.1 Å². The lowest BCUT2D eigenvalue weighted by Crippen LogP contribution is -2.63. The molecule has 1 aromatic rings. The molecule has 2 atom stereocenters. The van der Waals surface area contributed by atoms with E-state index in [1.165, 1.54) is 57.2 Å². The van der Waals surface area contributed by atoms with Crippen LogP contribution in [0.15, 0.2) is 30.3 Å². The van der Waals surface area contributed by atoms with E-state index in [0.717, 1.165) is 18.0 Å². The summed E-state index contributed by atoms with van der Waals surface area (Å²) in [6.07, 6.45) is 8.64. The number of benzene rings is 1. The highest BCUT2D eigenvalue weighted by Crippen LogP contribution is 2.41. The molecule has 114 valence electrons. The van der Waals surface area contributed by atoms with Gasteiger partial charge in [0.1, 0.15) is 0 Å². The molecular weight excluding hydrogens is 256 g/mol. The van der Waals surface area contributed by atoms with Gasteiger partial charge < -0.3 is 5.32 Å². The zero-order chi connectivity index (χ0) is 14.3. The third-order valence-corrected chi connectivity index (χ3v) is 6.00. The summed E-state index contributed by atoms with van der Waals surface area (Å²) in [5, 5.41) is 3.89. The van der Waals surface area contributed by atoms with Gasteiger partial charge in [-0.3, -0.25) is 4.90 Å². The fourth-order valence-electron chi connectivity index (χ4n) is 4.54. The van der Waals surface area contributed by atoms with E-state index in [-0.39, 0.29) is 5.54 Å². The van der Waals surface area contributed by atoms with Gasteiger partial charge in [-0.15, -0.1) is 0 Å². The molecule has 2 saturated carbocycles. The van der Waals surface area contributed by atoms with Crippen LogP contribution in [0.1, 0.15) is 51.0 Å². The molecule has 4 rings (SSSR count). The van der Waals surface area contributed by atoms with Crippen molar-refractivity contribution in [3.63, 3.8) is 0 Å². The molecule has 3 fully saturated rings. The third kappa shape index (κ3) is 2.64. The molecule has 1 N–H and O–H groups in total. The van der Waals surface area contributed by atoms with E-state index in [4.69, 9.17) is 0 Å². The van der Waals surface area contributed by atoms with Gasteiger partial charge in [-0.1, -0.05) is 43.2 Å². The van der Waals surface area contributed by atoms with Gasteiger partial charge in [-0.2, -0.15) is 0 Å². The van der Waals surface area contributed by atoms with E-state index in [1.807, 2.05) is 0 Å². The van der Waals surface area contributed by atoms with Gasteiger partial charge in [0.25, 0.3) is 0 Å². The highest BCUT2D eigenvalue weighted by molar-refractivity contribution is 5.25. The summed E-state index contributed by atoms with van der Waals surface area (Å²) >= 11 is 0. The van der Waals surface area contributed by atoms with Crippen molar-refractivity contribution in [2.24, 2.45) is 5.92 Å². The van der Waals surface area contributed by atoms with Gasteiger partial charge in [0.15, 0.2) is 0 Å². The molecule has 2 aliphatic carbocycles. The van der Waals surface area contributed by atoms with Crippen LogP contribution in [0.3, 0.4) is 0 Å². The molecule has 0 bridgehead atoms. The second kappa shape index (κ2) is 5.40. The predicted octanol–water partition coefficient (Wildman–Crippen LogP) is 3.53. The Labute approximate surface area is 128 Å². The van der Waals surface area contributed by atoms with Crippen LogP contribution in [-0.2, 0) is 5.54 Å². The van der Waals surface area contributed by atoms with E-state index >= 15 is 0 Å². The largest absolute Gasteiger partial charge is 0.305 e. The lowest BCUT2D eigenvalue weighted by Gasteiger charge is -2.49. The van der Waals surface area contributed by atoms with E-state index in [1.54, 1.807) is 0 Å². The summed E-state index contributed by atoms with van der Waals surface area (Å²) in [5.41, 5.74) is 1.57. The third-order valence-electron chi connectivity index (χ3n) is 6.00. The van der Waals surface area contributed by atoms with Gasteiger partial charge in [0.05, 0.1) is 5.54 Å². The number of rotatable bonds is 3. The molecule has 21 heavy (non-hydrogen) atoms. The first kappa shape index (κ1) is 13.8. The van der Waals surface area contributed by atoms with Crippen LogP contribution >= 0.6 is 0 Å². The Morgan fingerprint density at radius 1 is 1.05 bits per heavy atom. The van der Waals surface area contributed by atoms with Crippen molar-refractivity contribution in [1.29, 1.82) is 0 Å². The first-order chi connectivity index (χ1) is 10.3. The average molecular weight is 284 g/mol. The number of piperazine rings is 1. The summed E-state index contributed by atoms with van der Waals surface area (Å²) in [6, 6.07) is 12.7. The monoisotopic (exact) mass is 284 g/mol. The summed E-state index contributed by atoms with van der Waals surface area (Å²) < 4.78 is 0. The Kier molecular flexibility index (Phi) is 3.55. The maximum absolute atomic E-state index is 3.89. The zero-order valence-corrected chi connectivity index (χ0v) is 13.2. The average Bonchev–Trinajstić information content (AvgIpc) is 3.22. The summed E-state index contributed by atoms with van der Waals surface area (Å²) in [4.78, 5) is 2.90. The van der Waals surface area contributed by atoms with Crippen molar-refractivity contribution in [1.82, 2.24) is 10.2 Å². The minimum absolute atomic E-state index is 0.120. The number of hydrogen-bond donors (Lipinski definition) is 1. The van der Waals surface area contributed by atoms with Crippen molar-refractivity contribution in [3.8, 4) is 0 Å². The van der Waals surface area contributed by atoms with Crippen LogP contribution in [0, 0.1) is 5.92 Å². The van der Waals surface area contributed by atoms with Crippen molar-refractivity contribution < 1.29 is 0 Å². The molecule has 1 saturated heterocycles. The zero-order valence-electron chi connectivity index (χ0n) is 13.2. The minimum Gasteiger partial charge on any atom is -0.305 e.